The molecule has 0 aromatic heterocycles. The fourth-order valence-electron chi connectivity index (χ4n) is 2.35. The van der Waals surface area contributed by atoms with Crippen molar-refractivity contribution in [2.75, 3.05) is 32.6 Å². The van der Waals surface area contributed by atoms with E-state index in [1.54, 1.807) is 19.2 Å². The highest BCUT2D eigenvalue weighted by Gasteiger charge is 2.13. The summed E-state index contributed by atoms with van der Waals surface area (Å²) in [6, 6.07) is 14.2. The quantitative estimate of drug-likeness (QED) is 0.770. The minimum atomic E-state index is -0.479. The molecule has 0 saturated heterocycles. The first-order valence-electron chi connectivity index (χ1n) is 8.29. The topological polar surface area (TPSA) is 70.1 Å². The normalized spacial score (nSPS) is 10.3. The van der Waals surface area contributed by atoms with Crippen LogP contribution in [0.15, 0.2) is 48.5 Å². The van der Waals surface area contributed by atoms with Gasteiger partial charge in [0.2, 0.25) is 0 Å². The number of anilines is 1. The Balaban J connectivity index is 1.79. The zero-order valence-electron chi connectivity index (χ0n) is 15.3. The van der Waals surface area contributed by atoms with Crippen molar-refractivity contribution in [2.24, 2.45) is 0 Å². The fraction of sp³-hybridized carbons (Fsp3) is 0.300. The SMILES string of the molecule is CN(Cc1ccc(N(C)C)cc1)C(=O)COC(=O)Cc1ccc(O)cc1. The van der Waals surface area contributed by atoms with Crippen LogP contribution in [0.25, 0.3) is 0 Å². The van der Waals surface area contributed by atoms with Crippen LogP contribution in [0, 0.1) is 0 Å². The lowest BCUT2D eigenvalue weighted by molar-refractivity contribution is -0.151. The molecular formula is C20H24N2O4. The van der Waals surface area contributed by atoms with Crippen LogP contribution >= 0.6 is 0 Å². The van der Waals surface area contributed by atoms with Gasteiger partial charge >= 0.3 is 5.97 Å². The second-order valence-corrected chi connectivity index (χ2v) is 6.31. The van der Waals surface area contributed by atoms with Crippen molar-refractivity contribution in [1.29, 1.82) is 0 Å². The minimum absolute atomic E-state index is 0.0588. The molecule has 0 unspecified atom stereocenters. The number of benzene rings is 2. The average molecular weight is 356 g/mol. The first-order chi connectivity index (χ1) is 12.3. The summed E-state index contributed by atoms with van der Waals surface area (Å²) in [5.41, 5.74) is 2.81. The average Bonchev–Trinajstić information content (AvgIpc) is 2.62. The molecule has 0 atom stereocenters. The number of aromatic hydroxyl groups is 1. The van der Waals surface area contributed by atoms with Gasteiger partial charge in [0.25, 0.3) is 5.91 Å². The summed E-state index contributed by atoms with van der Waals surface area (Å²) in [6.07, 6.45) is 0.0588. The Morgan fingerprint density at radius 1 is 0.923 bits per heavy atom. The molecule has 0 aliphatic rings. The van der Waals surface area contributed by atoms with Gasteiger partial charge in [-0.2, -0.15) is 0 Å². The molecule has 0 aliphatic heterocycles. The van der Waals surface area contributed by atoms with Crippen molar-refractivity contribution in [3.63, 3.8) is 0 Å². The van der Waals surface area contributed by atoms with Gasteiger partial charge in [0.15, 0.2) is 6.61 Å². The number of phenols is 1. The molecule has 138 valence electrons. The standard InChI is InChI=1S/C20H24N2O4/c1-21(2)17-8-4-16(5-9-17)13-22(3)19(24)14-26-20(25)12-15-6-10-18(23)11-7-15/h4-11,23H,12-14H2,1-3H3. The summed E-state index contributed by atoms with van der Waals surface area (Å²) >= 11 is 0. The van der Waals surface area contributed by atoms with Crippen molar-refractivity contribution in [2.45, 2.75) is 13.0 Å². The van der Waals surface area contributed by atoms with E-state index >= 15 is 0 Å². The number of carbonyl (C=O) groups is 2. The van der Waals surface area contributed by atoms with Crippen molar-refractivity contribution in [1.82, 2.24) is 4.90 Å². The molecule has 2 rings (SSSR count). The molecule has 0 aliphatic carbocycles. The summed E-state index contributed by atoms with van der Waals surface area (Å²) < 4.78 is 5.05. The maximum absolute atomic E-state index is 12.1. The summed E-state index contributed by atoms with van der Waals surface area (Å²) in [7, 11) is 5.62. The van der Waals surface area contributed by atoms with Crippen LogP contribution in [0.4, 0.5) is 5.69 Å². The summed E-state index contributed by atoms with van der Waals surface area (Å²) in [5.74, 6) is -0.606. The van der Waals surface area contributed by atoms with Gasteiger partial charge in [-0.25, -0.2) is 0 Å². The molecule has 1 N–H and O–H groups in total. The third-order valence-corrected chi connectivity index (χ3v) is 3.94. The number of carbonyl (C=O) groups excluding carboxylic acids is 2. The largest absolute Gasteiger partial charge is 0.508 e. The maximum atomic E-state index is 12.1. The number of rotatable bonds is 7. The van der Waals surface area contributed by atoms with Crippen LogP contribution in [0.1, 0.15) is 11.1 Å². The highest BCUT2D eigenvalue weighted by Crippen LogP contribution is 2.13. The van der Waals surface area contributed by atoms with Gasteiger partial charge in [-0.1, -0.05) is 24.3 Å². The number of hydrogen-bond acceptors (Lipinski definition) is 5. The van der Waals surface area contributed by atoms with Gasteiger partial charge in [0.1, 0.15) is 5.75 Å². The molecule has 0 radical (unpaired) electrons. The predicted octanol–water partition coefficient (Wildman–Crippen LogP) is 2.20. The monoisotopic (exact) mass is 356 g/mol. The summed E-state index contributed by atoms with van der Waals surface area (Å²) in [5, 5.41) is 9.22. The van der Waals surface area contributed by atoms with E-state index in [0.717, 1.165) is 16.8 Å². The smallest absolute Gasteiger partial charge is 0.310 e. The molecule has 0 fully saturated rings. The van der Waals surface area contributed by atoms with E-state index in [9.17, 15) is 14.7 Å². The van der Waals surface area contributed by atoms with Gasteiger partial charge in [-0.15, -0.1) is 0 Å². The molecule has 26 heavy (non-hydrogen) atoms. The summed E-state index contributed by atoms with van der Waals surface area (Å²) in [6.45, 7) is 0.158. The van der Waals surface area contributed by atoms with Gasteiger partial charge in [0, 0.05) is 33.4 Å². The molecule has 6 nitrogen and oxygen atoms in total. The molecule has 2 aromatic rings. The molecule has 1 amide bonds. The van der Waals surface area contributed by atoms with E-state index in [1.807, 2.05) is 43.3 Å². The number of nitrogens with zero attached hydrogens (tertiary/aromatic N) is 2. The molecular weight excluding hydrogens is 332 g/mol. The lowest BCUT2D eigenvalue weighted by Crippen LogP contribution is -2.31. The van der Waals surface area contributed by atoms with Gasteiger partial charge < -0.3 is 19.6 Å². The van der Waals surface area contributed by atoms with E-state index in [-0.39, 0.29) is 24.7 Å². The Kier molecular flexibility index (Phi) is 6.60. The highest BCUT2D eigenvalue weighted by atomic mass is 16.5. The Morgan fingerprint density at radius 2 is 1.50 bits per heavy atom. The lowest BCUT2D eigenvalue weighted by atomic mass is 10.1. The van der Waals surface area contributed by atoms with E-state index in [4.69, 9.17) is 4.74 Å². The van der Waals surface area contributed by atoms with Crippen molar-refractivity contribution < 1.29 is 19.4 Å². The van der Waals surface area contributed by atoms with Crippen LogP contribution < -0.4 is 4.90 Å². The van der Waals surface area contributed by atoms with Crippen LogP contribution in [0.3, 0.4) is 0 Å². The van der Waals surface area contributed by atoms with Crippen molar-refractivity contribution >= 4 is 17.6 Å². The Hall–Kier alpha value is -3.02. The minimum Gasteiger partial charge on any atom is -0.508 e. The van der Waals surface area contributed by atoms with Crippen LogP contribution in [-0.4, -0.2) is 49.6 Å². The number of amides is 1. The number of hydrogen-bond donors (Lipinski definition) is 1. The van der Waals surface area contributed by atoms with Crippen molar-refractivity contribution in [3.05, 3.63) is 59.7 Å². The highest BCUT2D eigenvalue weighted by molar-refractivity contribution is 5.81. The molecule has 0 saturated carbocycles. The molecule has 0 spiro atoms. The van der Waals surface area contributed by atoms with Crippen LogP contribution in [0.5, 0.6) is 5.75 Å². The zero-order valence-corrected chi connectivity index (χ0v) is 15.3. The maximum Gasteiger partial charge on any atom is 0.310 e. The Morgan fingerprint density at radius 3 is 2.08 bits per heavy atom. The zero-order chi connectivity index (χ0) is 19.1. The first kappa shape index (κ1) is 19.3. The third-order valence-electron chi connectivity index (χ3n) is 3.94. The molecule has 0 bridgehead atoms. The van der Waals surface area contributed by atoms with Gasteiger partial charge in [-0.3, -0.25) is 9.59 Å². The van der Waals surface area contributed by atoms with Gasteiger partial charge in [-0.05, 0) is 35.4 Å². The second-order valence-electron chi connectivity index (χ2n) is 6.31. The summed E-state index contributed by atoms with van der Waals surface area (Å²) in [4.78, 5) is 27.5. The van der Waals surface area contributed by atoms with Crippen molar-refractivity contribution in [3.8, 4) is 5.75 Å². The van der Waals surface area contributed by atoms with E-state index in [1.165, 1.54) is 17.0 Å². The van der Waals surface area contributed by atoms with E-state index in [0.29, 0.717) is 6.54 Å². The Bertz CT molecular complexity index is 739. The predicted molar refractivity (Wildman–Crippen MR) is 100 cm³/mol. The third kappa shape index (κ3) is 5.81. The number of phenolic OH excluding ortho intramolecular Hbond substituents is 1. The van der Waals surface area contributed by atoms with Crippen LogP contribution in [0.2, 0.25) is 0 Å². The molecule has 2 aromatic carbocycles. The lowest BCUT2D eigenvalue weighted by Gasteiger charge is -2.18. The van der Waals surface area contributed by atoms with E-state index in [2.05, 4.69) is 0 Å². The van der Waals surface area contributed by atoms with E-state index < -0.39 is 5.97 Å². The second kappa shape index (κ2) is 8.89. The molecule has 0 heterocycles. The molecule has 6 heteroatoms. The first-order valence-corrected chi connectivity index (χ1v) is 8.29. The number of ether oxygens (including phenoxy) is 1. The Labute approximate surface area is 153 Å². The number of likely N-dealkylation sites (N-methyl/N-ethyl adjacent to an activating group) is 1. The van der Waals surface area contributed by atoms with Crippen LogP contribution in [-0.2, 0) is 27.3 Å². The van der Waals surface area contributed by atoms with Gasteiger partial charge in [0.05, 0.1) is 6.42 Å². The fourth-order valence-corrected chi connectivity index (χ4v) is 2.35. The number of esters is 1.